The Morgan fingerprint density at radius 2 is 2.31 bits per heavy atom. The first-order valence-electron chi connectivity index (χ1n) is 3.19. The van der Waals surface area contributed by atoms with Gasteiger partial charge in [-0.15, -0.1) is 0 Å². The van der Waals surface area contributed by atoms with Gasteiger partial charge in [-0.3, -0.25) is 4.79 Å². The molecule has 0 amide bonds. The van der Waals surface area contributed by atoms with Crippen LogP contribution in [-0.2, 0) is 0 Å². The molecule has 0 aliphatic carbocycles. The minimum atomic E-state index is -3.01. The number of hydrogen-bond acceptors (Lipinski definition) is 3. The van der Waals surface area contributed by atoms with E-state index in [1.165, 1.54) is 6.07 Å². The summed E-state index contributed by atoms with van der Waals surface area (Å²) in [5, 5.41) is -0.210. The van der Waals surface area contributed by atoms with E-state index in [4.69, 9.17) is 11.6 Å². The SMILES string of the molecule is O=Cc1ccnc(OC(F)F)c1Cl. The molecule has 0 atom stereocenters. The lowest BCUT2D eigenvalue weighted by molar-refractivity contribution is -0.0528. The van der Waals surface area contributed by atoms with E-state index in [1.54, 1.807) is 0 Å². The second-order valence-electron chi connectivity index (χ2n) is 2.02. The molecule has 0 unspecified atom stereocenters. The monoisotopic (exact) mass is 207 g/mol. The first-order chi connectivity index (χ1) is 6.15. The number of alkyl halides is 2. The van der Waals surface area contributed by atoms with Crippen molar-refractivity contribution in [3.05, 3.63) is 22.8 Å². The van der Waals surface area contributed by atoms with Crippen molar-refractivity contribution in [1.29, 1.82) is 0 Å². The first-order valence-corrected chi connectivity index (χ1v) is 3.57. The summed E-state index contributed by atoms with van der Waals surface area (Å²) in [7, 11) is 0. The molecule has 1 aromatic rings. The molecular formula is C7H4ClF2NO2. The van der Waals surface area contributed by atoms with Crippen molar-refractivity contribution >= 4 is 17.9 Å². The van der Waals surface area contributed by atoms with E-state index in [1.807, 2.05) is 0 Å². The van der Waals surface area contributed by atoms with E-state index >= 15 is 0 Å². The molecule has 0 saturated carbocycles. The van der Waals surface area contributed by atoms with Gasteiger partial charge in [-0.1, -0.05) is 11.6 Å². The Morgan fingerprint density at radius 1 is 1.62 bits per heavy atom. The lowest BCUT2D eigenvalue weighted by atomic mass is 10.3. The number of hydrogen-bond donors (Lipinski definition) is 0. The lowest BCUT2D eigenvalue weighted by Gasteiger charge is -2.05. The quantitative estimate of drug-likeness (QED) is 0.713. The average Bonchev–Trinajstić information content (AvgIpc) is 2.08. The number of carbonyl (C=O) groups excluding carboxylic acids is 1. The fourth-order valence-electron chi connectivity index (χ4n) is 0.696. The maximum atomic E-state index is 11.7. The van der Waals surface area contributed by atoms with Crippen molar-refractivity contribution in [2.45, 2.75) is 6.61 Å². The summed E-state index contributed by atoms with van der Waals surface area (Å²) in [6.07, 6.45) is 1.59. The standard InChI is InChI=1S/C7H4ClF2NO2/c8-5-4(3-12)1-2-11-6(5)13-7(9)10/h1-3,7H. The minimum Gasteiger partial charge on any atom is -0.415 e. The van der Waals surface area contributed by atoms with Crippen LogP contribution in [0.5, 0.6) is 5.88 Å². The van der Waals surface area contributed by atoms with Crippen LogP contribution >= 0.6 is 11.6 Å². The zero-order valence-corrected chi connectivity index (χ0v) is 6.96. The van der Waals surface area contributed by atoms with Crippen molar-refractivity contribution < 1.29 is 18.3 Å². The van der Waals surface area contributed by atoms with Gasteiger partial charge in [0.05, 0.1) is 0 Å². The number of nitrogens with zero attached hydrogens (tertiary/aromatic N) is 1. The highest BCUT2D eigenvalue weighted by molar-refractivity contribution is 6.34. The van der Waals surface area contributed by atoms with Crippen molar-refractivity contribution in [2.75, 3.05) is 0 Å². The highest BCUT2D eigenvalue weighted by Crippen LogP contribution is 2.25. The molecule has 0 radical (unpaired) electrons. The average molecular weight is 208 g/mol. The van der Waals surface area contributed by atoms with E-state index in [0.29, 0.717) is 6.29 Å². The van der Waals surface area contributed by atoms with Crippen LogP contribution in [-0.4, -0.2) is 17.9 Å². The van der Waals surface area contributed by atoms with Crippen molar-refractivity contribution in [2.24, 2.45) is 0 Å². The second kappa shape index (κ2) is 4.13. The Balaban J connectivity index is 3.01. The third kappa shape index (κ3) is 2.35. The molecule has 70 valence electrons. The van der Waals surface area contributed by atoms with Crippen LogP contribution in [0.4, 0.5) is 8.78 Å². The summed E-state index contributed by atoms with van der Waals surface area (Å²) in [5.41, 5.74) is 0.0623. The fourth-order valence-corrected chi connectivity index (χ4v) is 0.897. The maximum Gasteiger partial charge on any atom is 0.388 e. The molecule has 0 bridgehead atoms. The van der Waals surface area contributed by atoms with Gasteiger partial charge in [0.1, 0.15) is 5.02 Å². The number of ether oxygens (including phenoxy) is 1. The topological polar surface area (TPSA) is 39.2 Å². The van der Waals surface area contributed by atoms with Crippen LogP contribution in [0.15, 0.2) is 12.3 Å². The Morgan fingerprint density at radius 3 is 2.85 bits per heavy atom. The van der Waals surface area contributed by atoms with Gasteiger partial charge in [0.15, 0.2) is 6.29 Å². The molecule has 0 spiro atoms. The fraction of sp³-hybridized carbons (Fsp3) is 0.143. The Kier molecular flexibility index (Phi) is 3.13. The van der Waals surface area contributed by atoms with Gasteiger partial charge in [0.25, 0.3) is 0 Å². The summed E-state index contributed by atoms with van der Waals surface area (Å²) in [5.74, 6) is -0.443. The van der Waals surface area contributed by atoms with E-state index in [0.717, 1.165) is 6.20 Å². The van der Waals surface area contributed by atoms with Gasteiger partial charge >= 0.3 is 6.61 Å². The number of aromatic nitrogens is 1. The molecule has 0 fully saturated rings. The van der Waals surface area contributed by atoms with E-state index in [2.05, 4.69) is 9.72 Å². The third-order valence-electron chi connectivity index (χ3n) is 1.21. The smallest absolute Gasteiger partial charge is 0.388 e. The van der Waals surface area contributed by atoms with Gasteiger partial charge in [-0.25, -0.2) is 4.98 Å². The van der Waals surface area contributed by atoms with Crippen LogP contribution in [0.25, 0.3) is 0 Å². The zero-order chi connectivity index (χ0) is 9.84. The second-order valence-corrected chi connectivity index (χ2v) is 2.39. The summed E-state index contributed by atoms with van der Waals surface area (Å²) >= 11 is 5.50. The molecule has 0 aliphatic heterocycles. The highest BCUT2D eigenvalue weighted by atomic mass is 35.5. The van der Waals surface area contributed by atoms with Crippen LogP contribution < -0.4 is 4.74 Å². The summed E-state index contributed by atoms with van der Waals surface area (Å²) in [6, 6.07) is 1.30. The molecule has 13 heavy (non-hydrogen) atoms. The lowest BCUT2D eigenvalue weighted by Crippen LogP contribution is -2.04. The van der Waals surface area contributed by atoms with E-state index in [-0.39, 0.29) is 10.6 Å². The normalized spacial score (nSPS) is 10.2. The van der Waals surface area contributed by atoms with Gasteiger partial charge in [-0.2, -0.15) is 8.78 Å². The third-order valence-corrected chi connectivity index (χ3v) is 1.59. The van der Waals surface area contributed by atoms with E-state index < -0.39 is 12.5 Å². The van der Waals surface area contributed by atoms with Gasteiger partial charge in [0.2, 0.25) is 5.88 Å². The molecule has 1 rings (SSSR count). The van der Waals surface area contributed by atoms with Crippen LogP contribution in [0.1, 0.15) is 10.4 Å². The molecule has 0 aromatic carbocycles. The summed E-state index contributed by atoms with van der Waals surface area (Å²) in [6.45, 7) is -3.01. The first kappa shape index (κ1) is 9.85. The Hall–Kier alpha value is -1.23. The van der Waals surface area contributed by atoms with Crippen molar-refractivity contribution in [3.8, 4) is 5.88 Å². The molecule has 1 heterocycles. The summed E-state index contributed by atoms with van der Waals surface area (Å²) < 4.78 is 27.4. The number of aldehydes is 1. The van der Waals surface area contributed by atoms with Gasteiger partial charge < -0.3 is 4.74 Å². The molecule has 0 saturated heterocycles. The molecule has 1 aromatic heterocycles. The maximum absolute atomic E-state index is 11.7. The predicted octanol–water partition coefficient (Wildman–Crippen LogP) is 2.15. The largest absolute Gasteiger partial charge is 0.415 e. The van der Waals surface area contributed by atoms with Gasteiger partial charge in [0, 0.05) is 11.8 Å². The number of pyridine rings is 1. The predicted molar refractivity (Wildman–Crippen MR) is 41.3 cm³/mol. The Labute approximate surface area is 77.3 Å². The van der Waals surface area contributed by atoms with Crippen LogP contribution in [0.2, 0.25) is 5.02 Å². The number of rotatable bonds is 3. The number of carbonyl (C=O) groups is 1. The van der Waals surface area contributed by atoms with Gasteiger partial charge in [-0.05, 0) is 6.07 Å². The molecule has 0 N–H and O–H groups in total. The van der Waals surface area contributed by atoms with Crippen molar-refractivity contribution in [3.63, 3.8) is 0 Å². The van der Waals surface area contributed by atoms with E-state index in [9.17, 15) is 13.6 Å². The van der Waals surface area contributed by atoms with Crippen molar-refractivity contribution in [1.82, 2.24) is 4.98 Å². The number of halogens is 3. The molecule has 6 heteroatoms. The zero-order valence-electron chi connectivity index (χ0n) is 6.21. The molecule has 3 nitrogen and oxygen atoms in total. The highest BCUT2D eigenvalue weighted by Gasteiger charge is 2.12. The molecule has 0 aliphatic rings. The minimum absolute atomic E-state index is 0.0623. The van der Waals surface area contributed by atoms with Crippen LogP contribution in [0.3, 0.4) is 0 Å². The summed E-state index contributed by atoms with van der Waals surface area (Å²) in [4.78, 5) is 13.7. The van der Waals surface area contributed by atoms with Crippen LogP contribution in [0, 0.1) is 0 Å². The molecular weight excluding hydrogens is 204 g/mol. The Bertz CT molecular complexity index is 319.